The molecule has 7 nitrogen and oxygen atoms in total. The van der Waals surface area contributed by atoms with Crippen molar-refractivity contribution in [1.29, 1.82) is 0 Å². The fourth-order valence-corrected chi connectivity index (χ4v) is 4.00. The van der Waals surface area contributed by atoms with Crippen molar-refractivity contribution in [1.82, 2.24) is 5.32 Å². The number of rotatable bonds is 5. The van der Waals surface area contributed by atoms with E-state index >= 15 is 0 Å². The second-order valence-corrected chi connectivity index (χ2v) is 9.34. The molecule has 1 aromatic carbocycles. The third-order valence-electron chi connectivity index (χ3n) is 5.71. The zero-order chi connectivity index (χ0) is 23.9. The summed E-state index contributed by atoms with van der Waals surface area (Å²) in [4.78, 5) is 24.2. The molecule has 1 aliphatic rings. The van der Waals surface area contributed by atoms with Gasteiger partial charge in [-0.25, -0.2) is 9.59 Å². The Kier molecular flexibility index (Phi) is 8.97. The number of benzene rings is 1. The molecule has 0 bridgehead atoms. The molecule has 1 atom stereocenters. The predicted molar refractivity (Wildman–Crippen MR) is 125 cm³/mol. The van der Waals surface area contributed by atoms with Gasteiger partial charge in [-0.3, -0.25) is 0 Å². The summed E-state index contributed by atoms with van der Waals surface area (Å²) in [5, 5.41) is 15.5. The largest absolute Gasteiger partial charge is 0.465 e. The second kappa shape index (κ2) is 11.2. The first-order chi connectivity index (χ1) is 15.0. The lowest BCUT2D eigenvalue weighted by atomic mass is 9.82. The minimum atomic E-state index is -0.503. The number of hydrogen-bond donors (Lipinski definition) is 3. The van der Waals surface area contributed by atoms with Crippen LogP contribution in [0.15, 0.2) is 12.1 Å². The van der Waals surface area contributed by atoms with Gasteiger partial charge in [0.05, 0.1) is 12.7 Å². The van der Waals surface area contributed by atoms with Crippen molar-refractivity contribution in [2.24, 2.45) is 5.92 Å². The van der Waals surface area contributed by atoms with Crippen LogP contribution in [-0.4, -0.2) is 48.6 Å². The lowest BCUT2D eigenvalue weighted by Crippen LogP contribution is -2.42. The predicted octanol–water partition coefficient (Wildman–Crippen LogP) is 4.01. The number of amides is 1. The van der Waals surface area contributed by atoms with E-state index in [4.69, 9.17) is 14.6 Å². The summed E-state index contributed by atoms with van der Waals surface area (Å²) in [6.07, 6.45) is 3.37. The average Bonchev–Trinajstić information content (AvgIpc) is 2.72. The zero-order valence-corrected chi connectivity index (χ0v) is 20.0. The highest BCUT2D eigenvalue weighted by Crippen LogP contribution is 2.30. The number of aliphatic hydroxyl groups is 1. The van der Waals surface area contributed by atoms with Crippen LogP contribution < -0.4 is 10.6 Å². The molecule has 3 N–H and O–H groups in total. The van der Waals surface area contributed by atoms with Crippen molar-refractivity contribution >= 4 is 17.7 Å². The summed E-state index contributed by atoms with van der Waals surface area (Å²) < 4.78 is 10.3. The summed E-state index contributed by atoms with van der Waals surface area (Å²) in [5.74, 6) is 5.52. The van der Waals surface area contributed by atoms with Crippen molar-refractivity contribution < 1.29 is 24.2 Å². The van der Waals surface area contributed by atoms with Crippen LogP contribution in [-0.2, 0) is 9.47 Å². The molecule has 0 aliphatic heterocycles. The molecular weight excluding hydrogens is 408 g/mol. The number of carbonyl (C=O) groups excluding carboxylic acids is 2. The van der Waals surface area contributed by atoms with Gasteiger partial charge in [0.25, 0.3) is 0 Å². The third-order valence-corrected chi connectivity index (χ3v) is 5.71. The maximum atomic E-state index is 12.2. The van der Waals surface area contributed by atoms with Crippen LogP contribution in [0.3, 0.4) is 0 Å². The maximum Gasteiger partial charge on any atom is 0.407 e. The summed E-state index contributed by atoms with van der Waals surface area (Å²) in [7, 11) is 1.35. The number of nitrogens with one attached hydrogen (secondary N) is 2. The standard InChI is InChI=1S/C25H36N2O5/c1-16-21(23(29)31-6)14-18(8-7-13-28)15-22(16)26-17(2)19-9-11-20(12-10-19)27-24(30)32-25(3,4)5/h14-15,17,19-20,26,28H,9-13H2,1-6H3,(H,27,30). The van der Waals surface area contributed by atoms with E-state index in [1.807, 2.05) is 33.8 Å². The number of hydrogen-bond acceptors (Lipinski definition) is 6. The Morgan fingerprint density at radius 1 is 1.22 bits per heavy atom. The van der Waals surface area contributed by atoms with Gasteiger partial charge in [-0.2, -0.15) is 0 Å². The molecule has 176 valence electrons. The first-order valence-electron chi connectivity index (χ1n) is 11.1. The van der Waals surface area contributed by atoms with Gasteiger partial charge < -0.3 is 25.2 Å². The van der Waals surface area contributed by atoms with Gasteiger partial charge in [0, 0.05) is 23.3 Å². The molecule has 1 amide bonds. The third kappa shape index (κ3) is 7.45. The summed E-state index contributed by atoms with van der Waals surface area (Å²) in [6, 6.07) is 3.88. The number of methoxy groups -OCH3 is 1. The van der Waals surface area contributed by atoms with Crippen LogP contribution >= 0.6 is 0 Å². The molecule has 1 aliphatic carbocycles. The summed E-state index contributed by atoms with van der Waals surface area (Å²) >= 11 is 0. The molecule has 1 aromatic rings. The lowest BCUT2D eigenvalue weighted by molar-refractivity contribution is 0.0485. The van der Waals surface area contributed by atoms with Crippen LogP contribution in [0.5, 0.6) is 0 Å². The van der Waals surface area contributed by atoms with Gasteiger partial charge in [0.2, 0.25) is 0 Å². The second-order valence-electron chi connectivity index (χ2n) is 9.34. The van der Waals surface area contributed by atoms with Gasteiger partial charge in [0.1, 0.15) is 12.2 Å². The van der Waals surface area contributed by atoms with Crippen molar-refractivity contribution in [3.8, 4) is 11.8 Å². The fraction of sp³-hybridized carbons (Fsp3) is 0.600. The van der Waals surface area contributed by atoms with Gasteiger partial charge in [-0.15, -0.1) is 0 Å². The Bertz CT molecular complexity index is 871. The number of aliphatic hydroxyl groups excluding tert-OH is 1. The Balaban J connectivity index is 2.04. The van der Waals surface area contributed by atoms with Crippen LogP contribution in [0.2, 0.25) is 0 Å². The first-order valence-corrected chi connectivity index (χ1v) is 11.1. The number of esters is 1. The number of alkyl carbamates (subject to hydrolysis) is 1. The van der Waals surface area contributed by atoms with E-state index in [1.165, 1.54) is 7.11 Å². The van der Waals surface area contributed by atoms with Gasteiger partial charge >= 0.3 is 12.1 Å². The molecule has 2 rings (SSSR count). The van der Waals surface area contributed by atoms with E-state index in [2.05, 4.69) is 29.4 Å². The minimum Gasteiger partial charge on any atom is -0.465 e. The summed E-state index contributed by atoms with van der Waals surface area (Å²) in [6.45, 7) is 9.33. The molecular formula is C25H36N2O5. The fourth-order valence-electron chi connectivity index (χ4n) is 4.00. The van der Waals surface area contributed by atoms with Crippen molar-refractivity contribution in [2.45, 2.75) is 78.0 Å². The average molecular weight is 445 g/mol. The summed E-state index contributed by atoms with van der Waals surface area (Å²) in [5.41, 5.74) is 2.23. The number of ether oxygens (including phenoxy) is 2. The van der Waals surface area contributed by atoms with E-state index in [-0.39, 0.29) is 24.8 Å². The smallest absolute Gasteiger partial charge is 0.407 e. The Hall–Kier alpha value is -2.72. The molecule has 32 heavy (non-hydrogen) atoms. The van der Waals surface area contributed by atoms with Crippen LogP contribution in [0.4, 0.5) is 10.5 Å². The SMILES string of the molecule is COC(=O)c1cc(C#CCO)cc(NC(C)C2CCC(NC(=O)OC(C)(C)C)CC2)c1C. The molecule has 0 aromatic heterocycles. The van der Waals surface area contributed by atoms with Crippen LogP contribution in [0, 0.1) is 24.7 Å². The van der Waals surface area contributed by atoms with E-state index in [1.54, 1.807) is 6.07 Å². The van der Waals surface area contributed by atoms with Crippen LogP contribution in [0.1, 0.15) is 74.9 Å². The Morgan fingerprint density at radius 3 is 2.44 bits per heavy atom. The molecule has 0 saturated heterocycles. The van der Waals surface area contributed by atoms with E-state index in [0.29, 0.717) is 17.0 Å². The van der Waals surface area contributed by atoms with Gasteiger partial charge in [0.15, 0.2) is 0 Å². The molecule has 7 heteroatoms. The monoisotopic (exact) mass is 444 g/mol. The normalized spacial score (nSPS) is 19.2. The van der Waals surface area contributed by atoms with Crippen molar-refractivity contribution in [2.75, 3.05) is 19.0 Å². The molecule has 1 fully saturated rings. The highest BCUT2D eigenvalue weighted by atomic mass is 16.6. The Morgan fingerprint density at radius 2 is 1.88 bits per heavy atom. The van der Waals surface area contributed by atoms with Crippen molar-refractivity contribution in [3.63, 3.8) is 0 Å². The van der Waals surface area contributed by atoms with Gasteiger partial charge in [-0.05, 0) is 83.9 Å². The number of anilines is 1. The first kappa shape index (κ1) is 25.5. The lowest BCUT2D eigenvalue weighted by Gasteiger charge is -2.34. The molecule has 1 saturated carbocycles. The zero-order valence-electron chi connectivity index (χ0n) is 20.0. The molecule has 0 heterocycles. The highest BCUT2D eigenvalue weighted by molar-refractivity contribution is 5.93. The van der Waals surface area contributed by atoms with Crippen LogP contribution in [0.25, 0.3) is 0 Å². The molecule has 0 radical (unpaired) electrons. The maximum absolute atomic E-state index is 12.2. The quantitative estimate of drug-likeness (QED) is 0.469. The topological polar surface area (TPSA) is 96.9 Å². The van der Waals surface area contributed by atoms with E-state index in [0.717, 1.165) is 36.9 Å². The molecule has 1 unspecified atom stereocenters. The highest BCUT2D eigenvalue weighted by Gasteiger charge is 2.28. The van der Waals surface area contributed by atoms with E-state index < -0.39 is 11.6 Å². The molecule has 0 spiro atoms. The van der Waals surface area contributed by atoms with E-state index in [9.17, 15) is 9.59 Å². The Labute approximate surface area is 191 Å². The number of carbonyl (C=O) groups is 2. The van der Waals surface area contributed by atoms with Gasteiger partial charge in [-0.1, -0.05) is 11.8 Å². The van der Waals surface area contributed by atoms with Crippen molar-refractivity contribution in [3.05, 3.63) is 28.8 Å². The minimum absolute atomic E-state index is 0.123.